The molecule has 1 saturated heterocycles. The lowest BCUT2D eigenvalue weighted by Crippen LogP contribution is -2.56. The molecule has 0 radical (unpaired) electrons. The van der Waals surface area contributed by atoms with Crippen LogP contribution in [0, 0.1) is 12.8 Å². The van der Waals surface area contributed by atoms with Crippen LogP contribution in [-0.2, 0) is 43.5 Å². The summed E-state index contributed by atoms with van der Waals surface area (Å²) in [7, 11) is 0. The Balaban J connectivity index is 1.24. The van der Waals surface area contributed by atoms with Gasteiger partial charge in [-0.25, -0.2) is 9.59 Å². The molecule has 0 aromatic heterocycles. The Morgan fingerprint density at radius 3 is 2.42 bits per heavy atom. The van der Waals surface area contributed by atoms with Gasteiger partial charge in [-0.15, -0.1) is 0 Å². The van der Waals surface area contributed by atoms with Crippen molar-refractivity contribution in [1.82, 2.24) is 25.2 Å². The number of allylic oxidation sites excluding steroid dienone is 1. The van der Waals surface area contributed by atoms with Crippen molar-refractivity contribution in [2.75, 3.05) is 6.54 Å². The number of hydrogen-bond acceptors (Lipinski definition) is 8. The molecule has 6 atom stereocenters. The molecule has 13 heteroatoms. The number of amides is 4. The van der Waals surface area contributed by atoms with Crippen molar-refractivity contribution in [3.05, 3.63) is 89.6 Å². The number of rotatable bonds is 5. The fourth-order valence-corrected chi connectivity index (χ4v) is 8.18. The predicted octanol–water partition coefficient (Wildman–Crippen LogP) is 5.53. The summed E-state index contributed by atoms with van der Waals surface area (Å²) in [5.41, 5.74) is 1.58. The van der Waals surface area contributed by atoms with Gasteiger partial charge in [0.2, 0.25) is 5.91 Å². The minimum atomic E-state index is -1.84. The van der Waals surface area contributed by atoms with Crippen molar-refractivity contribution >= 4 is 35.4 Å². The van der Waals surface area contributed by atoms with E-state index in [2.05, 4.69) is 21.9 Å². The summed E-state index contributed by atoms with van der Waals surface area (Å²) in [6.45, 7) is 12.7. The summed E-state index contributed by atoms with van der Waals surface area (Å²) in [5.74, 6) is -1.28. The second-order valence-electron chi connectivity index (χ2n) is 15.6. The molecule has 284 valence electrons. The third-order valence-corrected chi connectivity index (χ3v) is 11.4. The van der Waals surface area contributed by atoms with Gasteiger partial charge in [-0.1, -0.05) is 73.5 Å². The maximum absolute atomic E-state index is 14.4. The molecule has 2 aromatic carbocycles. The molecule has 3 N–H and O–H groups in total. The predicted molar refractivity (Wildman–Crippen MR) is 200 cm³/mol. The molecular weight excluding hydrogens is 695 g/mol. The highest BCUT2D eigenvalue weighted by molar-refractivity contribution is 7.90. The van der Waals surface area contributed by atoms with Crippen molar-refractivity contribution in [1.29, 1.82) is 0 Å². The zero-order valence-electron chi connectivity index (χ0n) is 31.0. The number of carbonyl (C=O) groups excluding carboxylic acids is 4. The third kappa shape index (κ3) is 9.18. The molecule has 0 unspecified atom stereocenters. The van der Waals surface area contributed by atoms with Gasteiger partial charge in [-0.3, -0.25) is 14.5 Å². The lowest BCUT2D eigenvalue weighted by Gasteiger charge is -2.34. The number of aryl methyl sites for hydroxylation is 1. The van der Waals surface area contributed by atoms with E-state index in [4.69, 9.17) is 9.47 Å². The standard InChI is InChI=1S/C40H51N5O7S/c1-26-17-19-32(20-18-26)53(50)43-36(47)40-22-30(40)15-9-7-6-8-10-16-33(41-37(48)52-39(3,4)5)27(2)45-25-31(21-34(45)35(46)42-40)51-38(49)44-23-28-13-11-12-14-29(28)24-44/h9,11-15,17-20,30-31,33-34H,2,6-8,10,16,21-25H2,1,3-5H3,(H,41,48)(H,42,46)(H,43,47)/b15-9-/t30-,31-,33+,34+,40-,53+/m1/s1. The molecule has 0 spiro atoms. The van der Waals surface area contributed by atoms with E-state index < -0.39 is 64.7 Å². The van der Waals surface area contributed by atoms with Crippen molar-refractivity contribution in [3.63, 3.8) is 0 Å². The van der Waals surface area contributed by atoms with Crippen LogP contribution in [0.3, 0.4) is 0 Å². The molecule has 2 aromatic rings. The number of alkyl carbamates (subject to hydrolysis) is 1. The van der Waals surface area contributed by atoms with Crippen molar-refractivity contribution < 1.29 is 33.2 Å². The van der Waals surface area contributed by atoms with Gasteiger partial charge in [-0.2, -0.15) is 4.72 Å². The average molecular weight is 746 g/mol. The normalized spacial score (nSPS) is 27.1. The first-order valence-electron chi connectivity index (χ1n) is 18.5. The Morgan fingerprint density at radius 1 is 1.04 bits per heavy atom. The zero-order chi connectivity index (χ0) is 37.9. The average Bonchev–Trinajstić information content (AvgIpc) is 3.40. The van der Waals surface area contributed by atoms with Crippen LogP contribution in [0.5, 0.6) is 0 Å². The number of fused-ring (bicyclic) bond motifs is 3. The highest BCUT2D eigenvalue weighted by atomic mass is 32.2. The van der Waals surface area contributed by atoms with Gasteiger partial charge in [-0.05, 0) is 76.6 Å². The molecule has 4 amide bonds. The number of nitrogens with zero attached hydrogens (tertiary/aromatic N) is 2. The number of benzene rings is 2. The largest absolute Gasteiger partial charge is 0.588 e. The van der Waals surface area contributed by atoms with Crippen molar-refractivity contribution in [3.8, 4) is 0 Å². The summed E-state index contributed by atoms with van der Waals surface area (Å²) in [6.07, 6.45) is 6.63. The first kappa shape index (κ1) is 38.2. The van der Waals surface area contributed by atoms with E-state index in [-0.39, 0.29) is 18.9 Å². The van der Waals surface area contributed by atoms with Gasteiger partial charge in [0.1, 0.15) is 34.6 Å². The van der Waals surface area contributed by atoms with Crippen LogP contribution >= 0.6 is 0 Å². The zero-order valence-corrected chi connectivity index (χ0v) is 31.8. The highest BCUT2D eigenvalue weighted by Gasteiger charge is 2.62. The number of nitrogens with one attached hydrogen (secondary N) is 3. The quantitative estimate of drug-likeness (QED) is 0.267. The summed E-state index contributed by atoms with van der Waals surface area (Å²) in [4.78, 5) is 58.7. The van der Waals surface area contributed by atoms with E-state index >= 15 is 0 Å². The van der Waals surface area contributed by atoms with E-state index in [1.54, 1.807) is 42.7 Å². The monoisotopic (exact) mass is 745 g/mol. The number of hydrogen-bond donors (Lipinski definition) is 3. The van der Waals surface area contributed by atoms with Gasteiger partial charge in [0.05, 0.1) is 12.6 Å². The number of carbonyl (C=O) groups is 4. The summed E-state index contributed by atoms with van der Waals surface area (Å²) in [5, 5.41) is 6.02. The van der Waals surface area contributed by atoms with Crippen LogP contribution in [0.4, 0.5) is 9.59 Å². The second-order valence-corrected chi connectivity index (χ2v) is 16.8. The molecular formula is C40H51N5O7S. The molecule has 6 rings (SSSR count). The van der Waals surface area contributed by atoms with Crippen LogP contribution in [0.2, 0.25) is 0 Å². The highest BCUT2D eigenvalue weighted by Crippen LogP contribution is 2.46. The van der Waals surface area contributed by atoms with Crippen molar-refractivity contribution in [2.24, 2.45) is 5.92 Å². The van der Waals surface area contributed by atoms with Crippen LogP contribution in [0.15, 0.2) is 77.9 Å². The summed E-state index contributed by atoms with van der Waals surface area (Å²) < 4.78 is 27.5. The first-order chi connectivity index (χ1) is 25.2. The molecule has 3 heterocycles. The molecule has 53 heavy (non-hydrogen) atoms. The molecule has 4 aliphatic rings. The lowest BCUT2D eigenvalue weighted by atomic mass is 10.0. The molecule has 1 aliphatic carbocycles. The lowest BCUT2D eigenvalue weighted by molar-refractivity contribution is -0.131. The Morgan fingerprint density at radius 2 is 1.74 bits per heavy atom. The summed E-state index contributed by atoms with van der Waals surface area (Å²) >= 11 is -1.84. The van der Waals surface area contributed by atoms with Crippen molar-refractivity contribution in [2.45, 2.75) is 120 Å². The Bertz CT molecular complexity index is 1720. The minimum absolute atomic E-state index is 0.143. The summed E-state index contributed by atoms with van der Waals surface area (Å²) in [6, 6.07) is 13.5. The van der Waals surface area contributed by atoms with Crippen LogP contribution in [0.25, 0.3) is 0 Å². The molecule has 12 nitrogen and oxygen atoms in total. The second kappa shape index (κ2) is 15.9. The smallest absolute Gasteiger partial charge is 0.410 e. The minimum Gasteiger partial charge on any atom is -0.588 e. The molecule has 2 fully saturated rings. The number of ether oxygens (including phenoxy) is 2. The maximum atomic E-state index is 14.4. The van der Waals surface area contributed by atoms with Gasteiger partial charge in [0, 0.05) is 31.1 Å². The maximum Gasteiger partial charge on any atom is 0.410 e. The van der Waals surface area contributed by atoms with Gasteiger partial charge >= 0.3 is 12.2 Å². The van der Waals surface area contributed by atoms with Gasteiger partial charge in [0.25, 0.3) is 5.91 Å². The van der Waals surface area contributed by atoms with Gasteiger partial charge in [0.15, 0.2) is 4.90 Å². The molecule has 1 saturated carbocycles. The Kier molecular flexibility index (Phi) is 11.4. The Labute approximate surface area is 315 Å². The molecule has 0 bridgehead atoms. The SMILES string of the molecule is C=C1[C@@H](NC(=O)OC(C)(C)C)CCCCC/C=C\[C@@H]2C[C@@]2(C(=O)N[S@@+]([O-])c2ccc(C)cc2)NC(=O)[C@@H]2C[C@@H](OC(=O)N3Cc4ccccc4C3)CN12. The topological polar surface area (TPSA) is 152 Å². The van der Waals surface area contributed by atoms with Crippen LogP contribution in [-0.4, -0.2) is 74.2 Å². The van der Waals surface area contributed by atoms with Gasteiger partial charge < -0.3 is 29.6 Å². The first-order valence-corrected chi connectivity index (χ1v) is 19.6. The van der Waals surface area contributed by atoms with E-state index in [0.717, 1.165) is 42.4 Å². The fourth-order valence-electron chi connectivity index (χ4n) is 7.33. The van der Waals surface area contributed by atoms with Crippen LogP contribution < -0.4 is 15.4 Å². The third-order valence-electron chi connectivity index (χ3n) is 10.3. The Hall–Kier alpha value is -4.49. The van der Waals surface area contributed by atoms with E-state index in [1.807, 2.05) is 55.5 Å². The van der Waals surface area contributed by atoms with E-state index in [1.165, 1.54) is 0 Å². The van der Waals surface area contributed by atoms with E-state index in [9.17, 15) is 23.7 Å². The van der Waals surface area contributed by atoms with Crippen LogP contribution in [0.1, 0.15) is 82.4 Å². The van der Waals surface area contributed by atoms with E-state index in [0.29, 0.717) is 36.5 Å². The fraction of sp³-hybridized carbons (Fsp3) is 0.500. The molecule has 3 aliphatic heterocycles.